The number of phenolic OH excluding ortho intramolecular Hbond substituents is 2. The molecule has 74 valence electrons. The molecule has 0 aromatic heterocycles. The zero-order chi connectivity index (χ0) is 10.7. The van der Waals surface area contributed by atoms with Crippen molar-refractivity contribution < 1.29 is 20.1 Å². The van der Waals surface area contributed by atoms with E-state index in [4.69, 9.17) is 10.2 Å². The third kappa shape index (κ3) is 2.26. The number of carboxylic acids is 1. The van der Waals surface area contributed by atoms with Gasteiger partial charge < -0.3 is 15.3 Å². The van der Waals surface area contributed by atoms with Crippen LogP contribution in [0.2, 0.25) is 0 Å². The Morgan fingerprint density at radius 1 is 1.36 bits per heavy atom. The highest BCUT2D eigenvalue weighted by atomic mass is 16.4. The van der Waals surface area contributed by atoms with Crippen molar-refractivity contribution in [2.75, 3.05) is 0 Å². The lowest BCUT2D eigenvalue weighted by atomic mass is 10.1. The highest BCUT2D eigenvalue weighted by molar-refractivity contribution is 5.91. The van der Waals surface area contributed by atoms with Crippen LogP contribution in [0.5, 0.6) is 11.5 Å². The van der Waals surface area contributed by atoms with Crippen molar-refractivity contribution in [1.82, 2.24) is 0 Å². The summed E-state index contributed by atoms with van der Waals surface area (Å²) < 4.78 is 0. The van der Waals surface area contributed by atoms with Crippen LogP contribution in [0.4, 0.5) is 0 Å². The van der Waals surface area contributed by atoms with Gasteiger partial charge in [-0.2, -0.15) is 0 Å². The van der Waals surface area contributed by atoms with E-state index in [-0.39, 0.29) is 22.6 Å². The summed E-state index contributed by atoms with van der Waals surface area (Å²) in [6, 6.07) is 3.92. The number of aliphatic carboxylic acids is 1. The molecule has 0 fully saturated rings. The summed E-state index contributed by atoms with van der Waals surface area (Å²) in [5, 5.41) is 27.0. The standard InChI is InChI=1S/C10H10O4/c1-6(10(13)14)4-7-5-8(11)2-3-9(7)12/h2-5,11-12H,1H3,(H,13,14)/b6-4+. The van der Waals surface area contributed by atoms with E-state index in [1.165, 1.54) is 31.2 Å². The maximum absolute atomic E-state index is 10.5. The topological polar surface area (TPSA) is 77.8 Å². The Morgan fingerprint density at radius 2 is 2.00 bits per heavy atom. The Labute approximate surface area is 80.7 Å². The van der Waals surface area contributed by atoms with Crippen LogP contribution in [0.25, 0.3) is 6.08 Å². The van der Waals surface area contributed by atoms with Crippen LogP contribution >= 0.6 is 0 Å². The predicted octanol–water partition coefficient (Wildman–Crippen LogP) is 1.59. The highest BCUT2D eigenvalue weighted by Gasteiger charge is 2.03. The SMILES string of the molecule is C/C(=C\c1cc(O)ccc1O)C(=O)O. The van der Waals surface area contributed by atoms with Gasteiger partial charge in [-0.25, -0.2) is 4.79 Å². The quantitative estimate of drug-likeness (QED) is 0.493. The Hall–Kier alpha value is -1.97. The van der Waals surface area contributed by atoms with E-state index in [0.29, 0.717) is 0 Å². The summed E-state index contributed by atoms with van der Waals surface area (Å²) in [5.74, 6) is -1.15. The second-order valence-electron chi connectivity index (χ2n) is 2.88. The normalized spacial score (nSPS) is 11.4. The number of rotatable bonds is 2. The molecule has 4 heteroatoms. The van der Waals surface area contributed by atoms with E-state index in [0.717, 1.165) is 0 Å². The Balaban J connectivity index is 3.13. The van der Waals surface area contributed by atoms with Gasteiger partial charge in [0.2, 0.25) is 0 Å². The monoisotopic (exact) mass is 194 g/mol. The van der Waals surface area contributed by atoms with Crippen molar-refractivity contribution in [3.8, 4) is 11.5 Å². The summed E-state index contributed by atoms with van der Waals surface area (Å²) >= 11 is 0. The molecule has 0 atom stereocenters. The molecule has 0 bridgehead atoms. The van der Waals surface area contributed by atoms with Crippen LogP contribution < -0.4 is 0 Å². The molecule has 0 unspecified atom stereocenters. The number of carbonyl (C=O) groups is 1. The van der Waals surface area contributed by atoms with Gasteiger partial charge in [-0.1, -0.05) is 0 Å². The fraction of sp³-hybridized carbons (Fsp3) is 0.100. The average Bonchev–Trinajstić information content (AvgIpc) is 2.11. The minimum Gasteiger partial charge on any atom is -0.508 e. The molecule has 0 spiro atoms. The highest BCUT2D eigenvalue weighted by Crippen LogP contribution is 2.24. The average molecular weight is 194 g/mol. The van der Waals surface area contributed by atoms with E-state index in [1.54, 1.807) is 0 Å². The molecule has 0 radical (unpaired) electrons. The molecular formula is C10H10O4. The summed E-state index contributed by atoms with van der Waals surface area (Å²) in [6.07, 6.45) is 1.29. The maximum Gasteiger partial charge on any atom is 0.331 e. The van der Waals surface area contributed by atoms with Crippen LogP contribution in [0.3, 0.4) is 0 Å². The minimum absolute atomic E-state index is 0.0211. The van der Waals surface area contributed by atoms with Crippen molar-refractivity contribution in [3.63, 3.8) is 0 Å². The van der Waals surface area contributed by atoms with Gasteiger partial charge in [-0.05, 0) is 31.2 Å². The number of aromatic hydroxyl groups is 2. The molecule has 0 aliphatic rings. The first-order chi connectivity index (χ1) is 6.50. The molecule has 0 amide bonds. The first-order valence-electron chi connectivity index (χ1n) is 3.94. The Kier molecular flexibility index (Phi) is 2.76. The number of benzene rings is 1. The summed E-state index contributed by atoms with van der Waals surface area (Å²) in [6.45, 7) is 1.41. The molecule has 0 heterocycles. The van der Waals surface area contributed by atoms with E-state index < -0.39 is 5.97 Å². The smallest absolute Gasteiger partial charge is 0.331 e. The van der Waals surface area contributed by atoms with E-state index in [1.807, 2.05) is 0 Å². The van der Waals surface area contributed by atoms with Crippen molar-refractivity contribution in [2.24, 2.45) is 0 Å². The van der Waals surface area contributed by atoms with Crippen molar-refractivity contribution in [2.45, 2.75) is 6.92 Å². The first-order valence-corrected chi connectivity index (χ1v) is 3.94. The summed E-state index contributed by atoms with van der Waals surface area (Å²) in [5.41, 5.74) is 0.371. The van der Waals surface area contributed by atoms with Crippen LogP contribution in [0.1, 0.15) is 12.5 Å². The molecule has 0 aliphatic heterocycles. The molecule has 14 heavy (non-hydrogen) atoms. The zero-order valence-corrected chi connectivity index (χ0v) is 7.56. The molecule has 1 aromatic carbocycles. The predicted molar refractivity (Wildman–Crippen MR) is 51.1 cm³/mol. The lowest BCUT2D eigenvalue weighted by molar-refractivity contribution is -0.132. The van der Waals surface area contributed by atoms with E-state index in [9.17, 15) is 9.90 Å². The van der Waals surface area contributed by atoms with Gasteiger partial charge in [0.25, 0.3) is 0 Å². The fourth-order valence-corrected chi connectivity index (χ4v) is 0.953. The second kappa shape index (κ2) is 3.83. The Morgan fingerprint density at radius 3 is 2.57 bits per heavy atom. The van der Waals surface area contributed by atoms with Gasteiger partial charge in [0, 0.05) is 11.1 Å². The van der Waals surface area contributed by atoms with Gasteiger partial charge in [-0.3, -0.25) is 0 Å². The van der Waals surface area contributed by atoms with Crippen LogP contribution in [-0.4, -0.2) is 21.3 Å². The molecule has 3 N–H and O–H groups in total. The van der Waals surface area contributed by atoms with Gasteiger partial charge >= 0.3 is 5.97 Å². The third-order valence-electron chi connectivity index (χ3n) is 1.72. The van der Waals surface area contributed by atoms with Gasteiger partial charge in [-0.15, -0.1) is 0 Å². The maximum atomic E-state index is 10.5. The van der Waals surface area contributed by atoms with Crippen LogP contribution in [0, 0.1) is 0 Å². The first kappa shape index (κ1) is 10.1. The lowest BCUT2D eigenvalue weighted by Gasteiger charge is -2.00. The third-order valence-corrected chi connectivity index (χ3v) is 1.72. The molecular weight excluding hydrogens is 184 g/mol. The van der Waals surface area contributed by atoms with Gasteiger partial charge in [0.1, 0.15) is 11.5 Å². The van der Waals surface area contributed by atoms with Crippen LogP contribution in [-0.2, 0) is 4.79 Å². The Bertz CT molecular complexity index is 393. The lowest BCUT2D eigenvalue weighted by Crippen LogP contribution is -1.95. The molecule has 0 saturated carbocycles. The van der Waals surface area contributed by atoms with Gasteiger partial charge in [0.15, 0.2) is 0 Å². The number of carboxylic acid groups (broad SMARTS) is 1. The van der Waals surface area contributed by atoms with E-state index in [2.05, 4.69) is 0 Å². The molecule has 4 nitrogen and oxygen atoms in total. The number of hydrogen-bond donors (Lipinski definition) is 3. The van der Waals surface area contributed by atoms with Crippen molar-refractivity contribution in [3.05, 3.63) is 29.3 Å². The minimum atomic E-state index is -1.06. The van der Waals surface area contributed by atoms with Crippen molar-refractivity contribution in [1.29, 1.82) is 0 Å². The molecule has 1 rings (SSSR count). The largest absolute Gasteiger partial charge is 0.508 e. The van der Waals surface area contributed by atoms with Crippen LogP contribution in [0.15, 0.2) is 23.8 Å². The van der Waals surface area contributed by atoms with E-state index >= 15 is 0 Å². The molecule has 0 saturated heterocycles. The number of hydrogen-bond acceptors (Lipinski definition) is 3. The molecule has 1 aromatic rings. The second-order valence-corrected chi connectivity index (χ2v) is 2.88. The van der Waals surface area contributed by atoms with Gasteiger partial charge in [0.05, 0.1) is 0 Å². The fourth-order valence-electron chi connectivity index (χ4n) is 0.953. The molecule has 0 aliphatic carbocycles. The number of phenols is 2. The van der Waals surface area contributed by atoms with Crippen molar-refractivity contribution >= 4 is 12.0 Å². The summed E-state index contributed by atoms with van der Waals surface area (Å²) in [7, 11) is 0. The summed E-state index contributed by atoms with van der Waals surface area (Å²) in [4.78, 5) is 10.5. The zero-order valence-electron chi connectivity index (χ0n) is 7.56.